The van der Waals surface area contributed by atoms with E-state index >= 15 is 0 Å². The molecule has 2 heterocycles. The van der Waals surface area contributed by atoms with Crippen LogP contribution in [0.4, 0.5) is 5.00 Å². The Labute approximate surface area is 201 Å². The van der Waals surface area contributed by atoms with E-state index in [1.807, 2.05) is 56.3 Å². The van der Waals surface area contributed by atoms with Crippen molar-refractivity contribution in [1.82, 2.24) is 4.98 Å². The molecule has 4 aromatic rings. The summed E-state index contributed by atoms with van der Waals surface area (Å²) in [7, 11) is 0. The van der Waals surface area contributed by atoms with Gasteiger partial charge in [-0.15, -0.1) is 11.3 Å². The molecule has 0 aliphatic rings. The summed E-state index contributed by atoms with van der Waals surface area (Å²) in [5.41, 5.74) is 3.66. The number of para-hydroxylation sites is 1. The number of thiophene rings is 1. The minimum atomic E-state index is -0.446. The van der Waals surface area contributed by atoms with Crippen LogP contribution in [0, 0.1) is 13.8 Å². The van der Waals surface area contributed by atoms with Crippen LogP contribution in [0.25, 0.3) is 22.2 Å². The number of anilines is 1. The fraction of sp³-hybridized carbons (Fsp3) is 0.192. The van der Waals surface area contributed by atoms with E-state index < -0.39 is 5.97 Å². The normalized spacial score (nSPS) is 11.1. The van der Waals surface area contributed by atoms with Gasteiger partial charge in [0.25, 0.3) is 5.91 Å². The van der Waals surface area contributed by atoms with Crippen molar-refractivity contribution < 1.29 is 14.3 Å². The molecule has 0 fully saturated rings. The summed E-state index contributed by atoms with van der Waals surface area (Å²) in [5, 5.41) is 4.68. The number of aryl methyl sites for hydroxylation is 1. The highest BCUT2D eigenvalue weighted by molar-refractivity contribution is 7.16. The van der Waals surface area contributed by atoms with Gasteiger partial charge < -0.3 is 10.1 Å². The number of carbonyl (C=O) groups is 2. The molecule has 168 valence electrons. The van der Waals surface area contributed by atoms with Crippen LogP contribution in [0.15, 0.2) is 54.6 Å². The van der Waals surface area contributed by atoms with E-state index in [0.717, 1.165) is 16.0 Å². The molecule has 0 bridgehead atoms. The van der Waals surface area contributed by atoms with Gasteiger partial charge in [0.15, 0.2) is 0 Å². The lowest BCUT2D eigenvalue weighted by Crippen LogP contribution is -2.17. The predicted octanol–water partition coefficient (Wildman–Crippen LogP) is 7.05. The van der Waals surface area contributed by atoms with Gasteiger partial charge in [-0.3, -0.25) is 4.79 Å². The van der Waals surface area contributed by atoms with Crippen LogP contribution in [-0.2, 0) is 4.74 Å². The van der Waals surface area contributed by atoms with Gasteiger partial charge in [0, 0.05) is 20.8 Å². The molecule has 33 heavy (non-hydrogen) atoms. The molecule has 2 aromatic carbocycles. The Bertz CT molecular complexity index is 1380. The lowest BCUT2D eigenvalue weighted by atomic mass is 10.0. The van der Waals surface area contributed by atoms with Gasteiger partial charge >= 0.3 is 5.97 Å². The molecule has 0 spiro atoms. The molecular weight excluding hydrogens is 456 g/mol. The number of nitrogens with one attached hydrogen (secondary N) is 1. The van der Waals surface area contributed by atoms with Gasteiger partial charge in [0.1, 0.15) is 5.00 Å². The maximum absolute atomic E-state index is 13.5. The van der Waals surface area contributed by atoms with Gasteiger partial charge in [0.05, 0.1) is 28.4 Å². The van der Waals surface area contributed by atoms with E-state index in [9.17, 15) is 9.59 Å². The highest BCUT2D eigenvalue weighted by Crippen LogP contribution is 2.35. The van der Waals surface area contributed by atoms with Gasteiger partial charge in [-0.25, -0.2) is 9.78 Å². The third kappa shape index (κ3) is 4.63. The molecule has 0 aliphatic heterocycles. The molecule has 4 rings (SSSR count). The molecule has 5 nitrogen and oxygen atoms in total. The van der Waals surface area contributed by atoms with E-state index in [-0.39, 0.29) is 12.0 Å². The summed E-state index contributed by atoms with van der Waals surface area (Å²) in [6.07, 6.45) is -0.261. The molecule has 0 radical (unpaired) electrons. The third-order valence-corrected chi connectivity index (χ3v) is 6.72. The zero-order valence-corrected chi connectivity index (χ0v) is 20.3. The van der Waals surface area contributed by atoms with E-state index in [1.54, 1.807) is 26.0 Å². The number of benzene rings is 2. The average Bonchev–Trinajstić information content (AvgIpc) is 3.05. The van der Waals surface area contributed by atoms with Crippen molar-refractivity contribution in [2.24, 2.45) is 0 Å². The van der Waals surface area contributed by atoms with Crippen LogP contribution in [0.2, 0.25) is 5.02 Å². The fourth-order valence-electron chi connectivity index (χ4n) is 3.57. The highest BCUT2D eigenvalue weighted by Gasteiger charge is 2.24. The smallest absolute Gasteiger partial charge is 0.341 e. The van der Waals surface area contributed by atoms with Crippen LogP contribution >= 0.6 is 22.9 Å². The molecule has 0 atom stereocenters. The monoisotopic (exact) mass is 478 g/mol. The average molecular weight is 479 g/mol. The Hall–Kier alpha value is -3.22. The van der Waals surface area contributed by atoms with Gasteiger partial charge in [-0.1, -0.05) is 48.0 Å². The summed E-state index contributed by atoms with van der Waals surface area (Å²) in [5.74, 6) is -0.778. The molecule has 1 N–H and O–H groups in total. The first kappa shape index (κ1) is 23.0. The fourth-order valence-corrected chi connectivity index (χ4v) is 4.85. The van der Waals surface area contributed by atoms with Gasteiger partial charge in [-0.2, -0.15) is 0 Å². The van der Waals surface area contributed by atoms with Crippen LogP contribution in [0.5, 0.6) is 0 Å². The van der Waals surface area contributed by atoms with Crippen LogP contribution in [0.1, 0.15) is 45.0 Å². The number of nitrogens with zero attached hydrogens (tertiary/aromatic N) is 1. The Morgan fingerprint density at radius 3 is 2.48 bits per heavy atom. The van der Waals surface area contributed by atoms with E-state index in [4.69, 9.17) is 21.3 Å². The lowest BCUT2D eigenvalue weighted by Gasteiger charge is -2.12. The first-order valence-electron chi connectivity index (χ1n) is 10.5. The van der Waals surface area contributed by atoms with E-state index in [2.05, 4.69) is 5.32 Å². The number of esters is 1. The van der Waals surface area contributed by atoms with Crippen molar-refractivity contribution in [3.63, 3.8) is 0 Å². The van der Waals surface area contributed by atoms with Crippen molar-refractivity contribution >= 4 is 50.7 Å². The first-order chi connectivity index (χ1) is 15.8. The number of halogens is 1. The number of hydrogen-bond donors (Lipinski definition) is 1. The number of rotatable bonds is 5. The Kier molecular flexibility index (Phi) is 6.49. The number of carbonyl (C=O) groups excluding carboxylic acids is 2. The minimum Gasteiger partial charge on any atom is -0.459 e. The van der Waals surface area contributed by atoms with Crippen LogP contribution in [-0.4, -0.2) is 23.0 Å². The third-order valence-electron chi connectivity index (χ3n) is 5.27. The first-order valence-corrected chi connectivity index (χ1v) is 11.7. The minimum absolute atomic E-state index is 0.261. The summed E-state index contributed by atoms with van der Waals surface area (Å²) in [6.45, 7) is 7.36. The summed E-state index contributed by atoms with van der Waals surface area (Å²) in [6, 6.07) is 16.6. The standard InChI is InChI=1S/C26H23ClN2O3S/c1-14(2)32-26(31)23-15(3)16(4)33-25(23)29-24(30)19-13-22(18-10-5-7-11-20(18)27)28-21-12-8-6-9-17(19)21/h5-14H,1-4H3,(H,29,30). The zero-order chi connectivity index (χ0) is 23.7. The topological polar surface area (TPSA) is 68.3 Å². The Morgan fingerprint density at radius 1 is 1.06 bits per heavy atom. The molecule has 7 heteroatoms. The second kappa shape index (κ2) is 9.33. The molecule has 0 saturated carbocycles. The molecule has 1 amide bonds. The zero-order valence-electron chi connectivity index (χ0n) is 18.7. The van der Waals surface area contributed by atoms with Crippen LogP contribution < -0.4 is 5.32 Å². The number of hydrogen-bond acceptors (Lipinski definition) is 5. The van der Waals surface area contributed by atoms with Crippen molar-refractivity contribution in [3.8, 4) is 11.3 Å². The van der Waals surface area contributed by atoms with Gasteiger partial charge in [0.2, 0.25) is 0 Å². The second-order valence-corrected chi connectivity index (χ2v) is 9.58. The van der Waals surface area contributed by atoms with Crippen molar-refractivity contribution in [3.05, 3.63) is 81.2 Å². The quantitative estimate of drug-likeness (QED) is 0.312. The Balaban J connectivity index is 1.79. The molecule has 0 unspecified atom stereocenters. The molecule has 2 aromatic heterocycles. The molecule has 0 saturated heterocycles. The SMILES string of the molecule is Cc1sc(NC(=O)c2cc(-c3ccccc3Cl)nc3ccccc23)c(C(=O)OC(C)C)c1C. The lowest BCUT2D eigenvalue weighted by molar-refractivity contribution is 0.0379. The summed E-state index contributed by atoms with van der Waals surface area (Å²) in [4.78, 5) is 31.9. The summed E-state index contributed by atoms with van der Waals surface area (Å²) >= 11 is 7.76. The molecule has 0 aliphatic carbocycles. The maximum Gasteiger partial charge on any atom is 0.341 e. The molecular formula is C26H23ClN2O3S. The maximum atomic E-state index is 13.5. The largest absolute Gasteiger partial charge is 0.459 e. The second-order valence-electron chi connectivity index (χ2n) is 7.95. The predicted molar refractivity (Wildman–Crippen MR) is 134 cm³/mol. The van der Waals surface area contributed by atoms with Crippen LogP contribution in [0.3, 0.4) is 0 Å². The summed E-state index contributed by atoms with van der Waals surface area (Å²) < 4.78 is 5.41. The number of aromatic nitrogens is 1. The highest BCUT2D eigenvalue weighted by atomic mass is 35.5. The number of fused-ring (bicyclic) bond motifs is 1. The van der Waals surface area contributed by atoms with Crippen molar-refractivity contribution in [2.75, 3.05) is 5.32 Å². The van der Waals surface area contributed by atoms with E-state index in [1.165, 1.54) is 11.3 Å². The van der Waals surface area contributed by atoms with E-state index in [0.29, 0.717) is 37.7 Å². The Morgan fingerprint density at radius 2 is 1.76 bits per heavy atom. The van der Waals surface area contributed by atoms with Crippen molar-refractivity contribution in [2.45, 2.75) is 33.8 Å². The van der Waals surface area contributed by atoms with Gasteiger partial charge in [-0.05, 0) is 51.5 Å². The number of pyridine rings is 1. The van der Waals surface area contributed by atoms with Crippen molar-refractivity contribution in [1.29, 1.82) is 0 Å². The number of amides is 1. The number of ether oxygens (including phenoxy) is 1.